The summed E-state index contributed by atoms with van der Waals surface area (Å²) in [5, 5.41) is 12.4. The minimum atomic E-state index is -1.95. The van der Waals surface area contributed by atoms with E-state index in [2.05, 4.69) is 50.7 Å². The molecule has 0 bridgehead atoms. The maximum atomic E-state index is 12.8. The first-order valence-electron chi connectivity index (χ1n) is 10.4. The van der Waals surface area contributed by atoms with Gasteiger partial charge in [0, 0.05) is 35.6 Å². The van der Waals surface area contributed by atoms with Gasteiger partial charge in [-0.1, -0.05) is 51.4 Å². The molecule has 0 amide bonds. The van der Waals surface area contributed by atoms with Crippen LogP contribution in [0.4, 0.5) is 0 Å². The van der Waals surface area contributed by atoms with Crippen LogP contribution >= 0.6 is 0 Å². The highest BCUT2D eigenvalue weighted by atomic mass is 28.3. The molecule has 1 unspecified atom stereocenters. The number of hydrogen-bond acceptors (Lipinski definition) is 4. The van der Waals surface area contributed by atoms with Crippen LogP contribution in [0, 0.1) is 11.5 Å². The summed E-state index contributed by atoms with van der Waals surface area (Å²) in [5.74, 6) is 4.41. The van der Waals surface area contributed by atoms with Gasteiger partial charge in [0.15, 0.2) is 0 Å². The van der Waals surface area contributed by atoms with Crippen LogP contribution in [0.1, 0.15) is 24.8 Å². The van der Waals surface area contributed by atoms with E-state index in [0.29, 0.717) is 25.0 Å². The standard InChI is InChI=1S/C24H32O4Si2/c1-27-18-11-9-17(10-12-18)19-15-24(26,13-8-14-29(2,3)4)16-20-21(19)28-23(25)22(20)30(5,6)7/h9-12,26H,13,15-16H2,1-7H3. The highest BCUT2D eigenvalue weighted by molar-refractivity contribution is 6.87. The summed E-state index contributed by atoms with van der Waals surface area (Å²) in [6, 6.07) is 7.69. The third-order valence-electron chi connectivity index (χ3n) is 5.33. The molecule has 4 nitrogen and oxygen atoms in total. The van der Waals surface area contributed by atoms with Crippen LogP contribution in [0.2, 0.25) is 39.3 Å². The largest absolute Gasteiger partial charge is 0.497 e. The fourth-order valence-corrected chi connectivity index (χ4v) is 6.43. The lowest BCUT2D eigenvalue weighted by Crippen LogP contribution is -2.35. The van der Waals surface area contributed by atoms with Crippen molar-refractivity contribution in [3.05, 3.63) is 46.4 Å². The van der Waals surface area contributed by atoms with Gasteiger partial charge in [-0.15, -0.1) is 11.5 Å². The summed E-state index contributed by atoms with van der Waals surface area (Å²) in [4.78, 5) is 12.8. The van der Waals surface area contributed by atoms with Crippen LogP contribution in [0.15, 0.2) is 40.8 Å². The van der Waals surface area contributed by atoms with Gasteiger partial charge < -0.3 is 14.6 Å². The van der Waals surface area contributed by atoms with E-state index in [1.165, 1.54) is 0 Å². The van der Waals surface area contributed by atoms with Crippen molar-refractivity contribution < 1.29 is 19.4 Å². The minimum Gasteiger partial charge on any atom is -0.497 e. The van der Waals surface area contributed by atoms with E-state index in [4.69, 9.17) is 9.47 Å². The number of ether oxygens (including phenoxy) is 2. The lowest BCUT2D eigenvalue weighted by atomic mass is 9.77. The molecule has 3 rings (SSSR count). The molecule has 30 heavy (non-hydrogen) atoms. The summed E-state index contributed by atoms with van der Waals surface area (Å²) in [6.45, 7) is 13.0. The first-order valence-corrected chi connectivity index (χ1v) is 17.4. The van der Waals surface area contributed by atoms with E-state index < -0.39 is 21.7 Å². The van der Waals surface area contributed by atoms with Gasteiger partial charge in [-0.25, -0.2) is 4.79 Å². The number of hydrogen-bond donors (Lipinski definition) is 1. The molecule has 0 aromatic heterocycles. The zero-order valence-corrected chi connectivity index (χ0v) is 21.1. The normalized spacial score (nSPS) is 21.8. The van der Waals surface area contributed by atoms with Crippen molar-refractivity contribution in [2.45, 2.75) is 64.1 Å². The van der Waals surface area contributed by atoms with E-state index in [1.807, 2.05) is 24.3 Å². The van der Waals surface area contributed by atoms with Crippen LogP contribution in [0.25, 0.3) is 5.57 Å². The predicted octanol–water partition coefficient (Wildman–Crippen LogP) is 4.93. The summed E-state index contributed by atoms with van der Waals surface area (Å²) in [5.41, 5.74) is 5.04. The Morgan fingerprint density at radius 2 is 1.67 bits per heavy atom. The quantitative estimate of drug-likeness (QED) is 0.410. The molecule has 1 heterocycles. The lowest BCUT2D eigenvalue weighted by molar-refractivity contribution is -0.132. The van der Waals surface area contributed by atoms with E-state index in [0.717, 1.165) is 27.7 Å². The Morgan fingerprint density at radius 1 is 1.07 bits per heavy atom. The van der Waals surface area contributed by atoms with Crippen molar-refractivity contribution in [1.82, 2.24) is 0 Å². The summed E-state index contributed by atoms with van der Waals surface area (Å²) >= 11 is 0. The topological polar surface area (TPSA) is 55.8 Å². The highest BCUT2D eigenvalue weighted by Gasteiger charge is 2.46. The molecule has 1 aromatic rings. The first kappa shape index (κ1) is 22.6. The Hall–Kier alpha value is -2.08. The first-order chi connectivity index (χ1) is 13.8. The van der Waals surface area contributed by atoms with E-state index >= 15 is 0 Å². The Bertz CT molecular complexity index is 979. The third kappa shape index (κ3) is 4.80. The van der Waals surface area contributed by atoms with Gasteiger partial charge in [-0.2, -0.15) is 0 Å². The van der Waals surface area contributed by atoms with Crippen molar-refractivity contribution in [2.75, 3.05) is 7.11 Å². The number of aliphatic hydroxyl groups is 1. The van der Waals surface area contributed by atoms with Crippen molar-refractivity contribution >= 4 is 27.7 Å². The molecule has 1 aromatic carbocycles. The molecule has 0 radical (unpaired) electrons. The van der Waals surface area contributed by atoms with Crippen LogP contribution in [0.3, 0.4) is 0 Å². The van der Waals surface area contributed by atoms with Gasteiger partial charge in [-0.3, -0.25) is 0 Å². The smallest absolute Gasteiger partial charge is 0.335 e. The number of carbonyl (C=O) groups is 1. The van der Waals surface area contributed by atoms with Gasteiger partial charge in [0.25, 0.3) is 0 Å². The number of esters is 1. The SMILES string of the molecule is COc1ccc(C2=C3OC(=O)C([Si](C)(C)C)=C3CC(O)(CC#C[Si](C)(C)C)C2)cc1. The molecule has 0 fully saturated rings. The number of allylic oxidation sites excluding steroid dienone is 1. The van der Waals surface area contributed by atoms with Gasteiger partial charge in [0.05, 0.1) is 20.8 Å². The van der Waals surface area contributed by atoms with Gasteiger partial charge in [-0.05, 0) is 17.7 Å². The van der Waals surface area contributed by atoms with Crippen LogP contribution < -0.4 is 4.74 Å². The second-order valence-corrected chi connectivity index (χ2v) is 20.1. The third-order valence-corrected chi connectivity index (χ3v) is 8.26. The van der Waals surface area contributed by atoms with Crippen LogP contribution in [-0.2, 0) is 9.53 Å². The lowest BCUT2D eigenvalue weighted by Gasteiger charge is -2.34. The molecular weight excluding hydrogens is 408 g/mol. The number of carbonyl (C=O) groups excluding carboxylic acids is 1. The highest BCUT2D eigenvalue weighted by Crippen LogP contribution is 2.48. The molecule has 0 saturated carbocycles. The molecule has 160 valence electrons. The van der Waals surface area contributed by atoms with E-state index in [-0.39, 0.29) is 5.97 Å². The molecule has 6 heteroatoms. The molecule has 0 saturated heterocycles. The number of rotatable bonds is 4. The van der Waals surface area contributed by atoms with Crippen LogP contribution in [-0.4, -0.2) is 39.9 Å². The number of fused-ring (bicyclic) bond motifs is 1. The summed E-state index contributed by atoms with van der Waals surface area (Å²) in [7, 11) is -1.85. The zero-order valence-electron chi connectivity index (χ0n) is 19.1. The summed E-state index contributed by atoms with van der Waals surface area (Å²) in [6.07, 6.45) is 1.21. The average molecular weight is 441 g/mol. The average Bonchev–Trinajstić information content (AvgIpc) is 2.95. The molecule has 1 atom stereocenters. The van der Waals surface area contributed by atoms with E-state index in [9.17, 15) is 9.90 Å². The minimum absolute atomic E-state index is 0.248. The maximum absolute atomic E-state index is 12.8. The molecule has 2 aliphatic rings. The van der Waals surface area contributed by atoms with Crippen molar-refractivity contribution in [3.8, 4) is 17.2 Å². The molecule has 1 aliphatic heterocycles. The fraction of sp³-hybridized carbons (Fsp3) is 0.458. The Morgan fingerprint density at radius 3 is 2.20 bits per heavy atom. The van der Waals surface area contributed by atoms with Crippen molar-refractivity contribution in [3.63, 3.8) is 0 Å². The maximum Gasteiger partial charge on any atom is 0.335 e. The van der Waals surface area contributed by atoms with Gasteiger partial charge in [0.1, 0.15) is 19.6 Å². The zero-order chi connectivity index (χ0) is 22.3. The monoisotopic (exact) mass is 440 g/mol. The second kappa shape index (κ2) is 7.88. The van der Waals surface area contributed by atoms with Crippen LogP contribution in [0.5, 0.6) is 5.75 Å². The van der Waals surface area contributed by atoms with Crippen molar-refractivity contribution in [2.24, 2.45) is 0 Å². The van der Waals surface area contributed by atoms with Gasteiger partial charge >= 0.3 is 5.97 Å². The Labute approximate surface area is 182 Å². The molecule has 1 aliphatic carbocycles. The Balaban J connectivity index is 2.12. The predicted molar refractivity (Wildman–Crippen MR) is 126 cm³/mol. The molecular formula is C24H32O4Si2. The number of benzene rings is 1. The fourth-order valence-electron chi connectivity index (χ4n) is 4.04. The second-order valence-electron chi connectivity index (χ2n) is 10.3. The molecule has 0 spiro atoms. The van der Waals surface area contributed by atoms with Crippen molar-refractivity contribution in [1.29, 1.82) is 0 Å². The summed E-state index contributed by atoms with van der Waals surface area (Å²) < 4.78 is 11.1. The Kier molecular flexibility index (Phi) is 5.94. The van der Waals surface area contributed by atoms with Gasteiger partial charge in [0.2, 0.25) is 0 Å². The molecule has 1 N–H and O–H groups in total. The van der Waals surface area contributed by atoms with E-state index in [1.54, 1.807) is 7.11 Å². The number of methoxy groups -OCH3 is 1.